The number of carboxylic acid groups (broad SMARTS) is 1. The molecular weight excluding hydrogens is 366 g/mol. The highest BCUT2D eigenvalue weighted by atomic mass is 32.2. The Bertz CT molecular complexity index is 859. The number of nitrogens with zero attached hydrogens (tertiary/aromatic N) is 1. The molecule has 0 radical (unpaired) electrons. The van der Waals surface area contributed by atoms with E-state index in [9.17, 15) is 13.2 Å². The second-order valence-corrected chi connectivity index (χ2v) is 8.11. The fraction of sp³-hybridized carbons (Fsp3) is 0.312. The van der Waals surface area contributed by atoms with Gasteiger partial charge in [0, 0.05) is 13.6 Å². The Balaban J connectivity index is 2.15. The molecule has 1 aromatic carbocycles. The Morgan fingerprint density at radius 1 is 1.20 bits per heavy atom. The van der Waals surface area contributed by atoms with E-state index in [-0.39, 0.29) is 16.3 Å². The Morgan fingerprint density at radius 2 is 1.88 bits per heavy atom. The molecular formula is C16H19NO6S2. The molecule has 0 bridgehead atoms. The summed E-state index contributed by atoms with van der Waals surface area (Å²) in [6.45, 7) is 0.201. The zero-order valence-electron chi connectivity index (χ0n) is 14.1. The van der Waals surface area contributed by atoms with E-state index in [0.29, 0.717) is 17.9 Å². The summed E-state index contributed by atoms with van der Waals surface area (Å²) in [7, 11) is 0.637. The first-order chi connectivity index (χ1) is 11.8. The summed E-state index contributed by atoms with van der Waals surface area (Å²) in [5, 5.41) is 10.6. The number of ether oxygens (including phenoxy) is 2. The summed E-state index contributed by atoms with van der Waals surface area (Å²) in [5.41, 5.74) is 0.878. The normalized spacial score (nSPS) is 11.5. The predicted octanol–water partition coefficient (Wildman–Crippen LogP) is 2.33. The number of likely N-dealkylation sites (N-methyl/N-ethyl adjacent to an activating group) is 1. The van der Waals surface area contributed by atoms with Crippen LogP contribution in [0.25, 0.3) is 0 Å². The average Bonchev–Trinajstić information content (AvgIpc) is 3.10. The van der Waals surface area contributed by atoms with E-state index in [0.717, 1.165) is 21.2 Å². The first kappa shape index (κ1) is 19.2. The van der Waals surface area contributed by atoms with E-state index >= 15 is 0 Å². The Labute approximate surface area is 150 Å². The third-order valence-electron chi connectivity index (χ3n) is 3.67. The lowest BCUT2D eigenvalue weighted by atomic mass is 10.1. The van der Waals surface area contributed by atoms with Gasteiger partial charge in [0.25, 0.3) is 0 Å². The maximum absolute atomic E-state index is 12.6. The summed E-state index contributed by atoms with van der Waals surface area (Å²) in [5.74, 6) is -0.0880. The van der Waals surface area contributed by atoms with Crippen molar-refractivity contribution in [3.8, 4) is 11.5 Å². The Hall–Kier alpha value is -2.10. The van der Waals surface area contributed by atoms with E-state index < -0.39 is 16.0 Å². The maximum Gasteiger partial charge on any atom is 0.347 e. The number of thiophene rings is 1. The van der Waals surface area contributed by atoms with Crippen molar-refractivity contribution in [1.29, 1.82) is 0 Å². The number of hydrogen-bond donors (Lipinski definition) is 1. The number of methoxy groups -OCH3 is 2. The predicted molar refractivity (Wildman–Crippen MR) is 94.3 cm³/mol. The Morgan fingerprint density at radius 3 is 2.48 bits per heavy atom. The molecule has 0 aliphatic rings. The van der Waals surface area contributed by atoms with Crippen LogP contribution in [-0.2, 0) is 16.4 Å². The maximum atomic E-state index is 12.6. The van der Waals surface area contributed by atoms with E-state index in [1.807, 2.05) is 6.07 Å². The standard InChI is InChI=1S/C16H19NO6S2/c1-17(25(20,21)14-7-9-24-15(14)16(18)19)8-6-11-4-5-12(22-2)13(10-11)23-3/h4-5,7,9-10H,6,8H2,1-3H3,(H,18,19). The van der Waals surface area contributed by atoms with Gasteiger partial charge >= 0.3 is 5.97 Å². The molecule has 1 heterocycles. The fourth-order valence-electron chi connectivity index (χ4n) is 2.27. The van der Waals surface area contributed by atoms with Crippen LogP contribution in [0.4, 0.5) is 0 Å². The van der Waals surface area contributed by atoms with Crippen molar-refractivity contribution in [3.63, 3.8) is 0 Å². The van der Waals surface area contributed by atoms with Crippen molar-refractivity contribution >= 4 is 27.3 Å². The van der Waals surface area contributed by atoms with E-state index in [2.05, 4.69) is 0 Å². The molecule has 1 N–H and O–H groups in total. The number of hydrogen-bond acceptors (Lipinski definition) is 6. The number of carboxylic acids is 1. The van der Waals surface area contributed by atoms with E-state index in [1.165, 1.54) is 25.6 Å². The van der Waals surface area contributed by atoms with E-state index in [1.54, 1.807) is 19.2 Å². The SMILES string of the molecule is COc1ccc(CCN(C)S(=O)(=O)c2ccsc2C(=O)O)cc1OC. The highest BCUT2D eigenvalue weighted by Crippen LogP contribution is 2.28. The van der Waals surface area contributed by atoms with Gasteiger partial charge in [0.15, 0.2) is 11.5 Å². The van der Waals surface area contributed by atoms with Crippen molar-refractivity contribution in [3.05, 3.63) is 40.1 Å². The van der Waals surface area contributed by atoms with Gasteiger partial charge in [-0.3, -0.25) is 0 Å². The molecule has 0 aliphatic carbocycles. The molecule has 25 heavy (non-hydrogen) atoms. The largest absolute Gasteiger partial charge is 0.493 e. The van der Waals surface area contributed by atoms with Gasteiger partial charge in [-0.1, -0.05) is 6.07 Å². The molecule has 0 atom stereocenters. The number of sulfonamides is 1. The lowest BCUT2D eigenvalue weighted by Crippen LogP contribution is -2.29. The third kappa shape index (κ3) is 4.12. The molecule has 9 heteroatoms. The van der Waals surface area contributed by atoms with Gasteiger partial charge in [0.2, 0.25) is 10.0 Å². The molecule has 0 aliphatic heterocycles. The van der Waals surface area contributed by atoms with Crippen LogP contribution in [0, 0.1) is 0 Å². The smallest absolute Gasteiger partial charge is 0.347 e. The summed E-state index contributed by atoms with van der Waals surface area (Å²) in [6.07, 6.45) is 0.447. The van der Waals surface area contributed by atoms with Gasteiger partial charge in [-0.25, -0.2) is 17.5 Å². The summed E-state index contributed by atoms with van der Waals surface area (Å²) in [4.78, 5) is 10.8. The van der Waals surface area contributed by atoms with Crippen LogP contribution in [0.5, 0.6) is 11.5 Å². The minimum atomic E-state index is -3.86. The van der Waals surface area contributed by atoms with Crippen molar-refractivity contribution in [2.75, 3.05) is 27.8 Å². The molecule has 0 saturated carbocycles. The second kappa shape index (κ2) is 7.85. The van der Waals surface area contributed by atoms with Crippen LogP contribution in [0.3, 0.4) is 0 Å². The van der Waals surface area contributed by atoms with Gasteiger partial charge in [-0.05, 0) is 35.6 Å². The van der Waals surface area contributed by atoms with Gasteiger partial charge < -0.3 is 14.6 Å². The first-order valence-corrected chi connectivity index (χ1v) is 9.61. The first-order valence-electron chi connectivity index (χ1n) is 7.29. The van der Waals surface area contributed by atoms with E-state index in [4.69, 9.17) is 14.6 Å². The van der Waals surface area contributed by atoms with Crippen molar-refractivity contribution in [2.24, 2.45) is 0 Å². The topological polar surface area (TPSA) is 93.1 Å². The quantitative estimate of drug-likeness (QED) is 0.750. The number of aromatic carboxylic acids is 1. The number of rotatable bonds is 8. The van der Waals surface area contributed by atoms with Crippen LogP contribution in [-0.4, -0.2) is 51.6 Å². The molecule has 2 aromatic rings. The van der Waals surface area contributed by atoms with Crippen LogP contribution in [0.15, 0.2) is 34.5 Å². The lowest BCUT2D eigenvalue weighted by molar-refractivity contribution is 0.0698. The molecule has 0 amide bonds. The molecule has 1 aromatic heterocycles. The Kier molecular flexibility index (Phi) is 6.04. The zero-order chi connectivity index (χ0) is 18.6. The minimum Gasteiger partial charge on any atom is -0.493 e. The minimum absolute atomic E-state index is 0.181. The van der Waals surface area contributed by atoms with Gasteiger partial charge in [0.1, 0.15) is 9.77 Å². The van der Waals surface area contributed by atoms with Crippen molar-refractivity contribution in [1.82, 2.24) is 4.31 Å². The summed E-state index contributed by atoms with van der Waals surface area (Å²) in [6, 6.07) is 6.68. The average molecular weight is 385 g/mol. The van der Waals surface area contributed by atoms with Crippen LogP contribution in [0.1, 0.15) is 15.2 Å². The molecule has 7 nitrogen and oxygen atoms in total. The summed E-state index contributed by atoms with van der Waals surface area (Å²) < 4.78 is 36.7. The van der Waals surface area contributed by atoms with Gasteiger partial charge in [-0.15, -0.1) is 11.3 Å². The molecule has 0 unspecified atom stereocenters. The van der Waals surface area contributed by atoms with Gasteiger partial charge in [-0.2, -0.15) is 0 Å². The zero-order valence-corrected chi connectivity index (χ0v) is 15.7. The molecule has 0 saturated heterocycles. The highest BCUT2D eigenvalue weighted by molar-refractivity contribution is 7.89. The summed E-state index contributed by atoms with van der Waals surface area (Å²) >= 11 is 0.890. The molecule has 0 fully saturated rings. The van der Waals surface area contributed by atoms with Gasteiger partial charge in [0.05, 0.1) is 14.2 Å². The van der Waals surface area contributed by atoms with Crippen LogP contribution < -0.4 is 9.47 Å². The highest BCUT2D eigenvalue weighted by Gasteiger charge is 2.27. The van der Waals surface area contributed by atoms with Crippen molar-refractivity contribution < 1.29 is 27.8 Å². The van der Waals surface area contributed by atoms with Crippen LogP contribution >= 0.6 is 11.3 Å². The fourth-order valence-corrected chi connectivity index (χ4v) is 4.67. The molecule has 136 valence electrons. The second-order valence-electron chi connectivity index (χ2n) is 5.19. The number of benzene rings is 1. The van der Waals surface area contributed by atoms with Crippen LogP contribution in [0.2, 0.25) is 0 Å². The molecule has 0 spiro atoms. The van der Waals surface area contributed by atoms with Crippen molar-refractivity contribution in [2.45, 2.75) is 11.3 Å². The third-order valence-corrected chi connectivity index (χ3v) is 6.61. The molecule has 2 rings (SSSR count). The monoisotopic (exact) mass is 385 g/mol. The number of carbonyl (C=O) groups is 1. The lowest BCUT2D eigenvalue weighted by Gasteiger charge is -2.17.